The Hall–Kier alpha value is -3.35. The first-order chi connectivity index (χ1) is 16.8. The van der Waals surface area contributed by atoms with Crippen LogP contribution in [0.15, 0.2) is 48.5 Å². The summed E-state index contributed by atoms with van der Waals surface area (Å²) in [6.45, 7) is 4.06. The van der Waals surface area contributed by atoms with Crippen molar-refractivity contribution in [3.63, 3.8) is 0 Å². The Morgan fingerprint density at radius 2 is 1.69 bits per heavy atom. The smallest absolute Gasteiger partial charge is 0.407 e. The van der Waals surface area contributed by atoms with E-state index in [4.69, 9.17) is 4.74 Å². The van der Waals surface area contributed by atoms with E-state index in [-0.39, 0.29) is 36.3 Å². The van der Waals surface area contributed by atoms with Gasteiger partial charge in [0.05, 0.1) is 5.41 Å². The molecule has 2 aromatic rings. The van der Waals surface area contributed by atoms with E-state index in [2.05, 4.69) is 34.9 Å². The van der Waals surface area contributed by atoms with Crippen LogP contribution in [0.25, 0.3) is 11.1 Å². The zero-order chi connectivity index (χ0) is 24.7. The number of benzene rings is 2. The molecule has 5 rings (SSSR count). The van der Waals surface area contributed by atoms with E-state index in [1.807, 2.05) is 38.1 Å². The first-order valence-electron chi connectivity index (χ1n) is 12.5. The van der Waals surface area contributed by atoms with Crippen LogP contribution in [0.5, 0.6) is 0 Å². The molecule has 5 atom stereocenters. The Kier molecular flexibility index (Phi) is 6.03. The molecule has 0 aliphatic heterocycles. The van der Waals surface area contributed by atoms with Gasteiger partial charge in [0.2, 0.25) is 5.91 Å². The lowest BCUT2D eigenvalue weighted by atomic mass is 9.97. The van der Waals surface area contributed by atoms with Crippen molar-refractivity contribution in [2.24, 2.45) is 17.3 Å². The lowest BCUT2D eigenvalue weighted by Crippen LogP contribution is -2.52. The maximum atomic E-state index is 13.1. The van der Waals surface area contributed by atoms with E-state index >= 15 is 0 Å². The van der Waals surface area contributed by atoms with Gasteiger partial charge in [0.15, 0.2) is 0 Å². The summed E-state index contributed by atoms with van der Waals surface area (Å²) in [5.74, 6) is -1.06. The highest BCUT2D eigenvalue weighted by molar-refractivity contribution is 5.87. The molecule has 184 valence electrons. The molecule has 2 saturated carbocycles. The molecule has 0 radical (unpaired) electrons. The molecule has 35 heavy (non-hydrogen) atoms. The van der Waals surface area contributed by atoms with Crippen molar-refractivity contribution in [1.82, 2.24) is 10.6 Å². The molecule has 2 aromatic carbocycles. The largest absolute Gasteiger partial charge is 0.481 e. The molecule has 0 spiro atoms. The van der Waals surface area contributed by atoms with Gasteiger partial charge in [-0.15, -0.1) is 0 Å². The third kappa shape index (κ3) is 4.17. The predicted octanol–water partition coefficient (Wildman–Crippen LogP) is 4.31. The van der Waals surface area contributed by atoms with E-state index in [9.17, 15) is 19.5 Å². The molecular formula is C28H32N2O5. The van der Waals surface area contributed by atoms with Crippen molar-refractivity contribution in [2.45, 2.75) is 57.5 Å². The van der Waals surface area contributed by atoms with Gasteiger partial charge in [-0.25, -0.2) is 4.79 Å². The number of carbonyl (C=O) groups excluding carboxylic acids is 2. The second-order valence-corrected chi connectivity index (χ2v) is 10.3. The van der Waals surface area contributed by atoms with Gasteiger partial charge in [-0.2, -0.15) is 0 Å². The fourth-order valence-electron chi connectivity index (χ4n) is 6.03. The number of carbonyl (C=O) groups is 3. The Morgan fingerprint density at radius 1 is 1.06 bits per heavy atom. The number of hydrogen-bond acceptors (Lipinski definition) is 4. The predicted molar refractivity (Wildman–Crippen MR) is 131 cm³/mol. The second-order valence-electron chi connectivity index (χ2n) is 10.3. The maximum Gasteiger partial charge on any atom is 0.407 e. The van der Waals surface area contributed by atoms with Gasteiger partial charge in [-0.1, -0.05) is 68.8 Å². The number of ether oxygens (including phenoxy) is 1. The molecule has 0 saturated heterocycles. The van der Waals surface area contributed by atoms with Crippen LogP contribution in [0, 0.1) is 17.3 Å². The molecule has 3 aliphatic rings. The second kappa shape index (κ2) is 9.02. The average Bonchev–Trinajstić information content (AvgIpc) is 3.29. The van der Waals surface area contributed by atoms with Crippen LogP contribution in [-0.2, 0) is 14.3 Å². The number of carboxylic acids is 1. The zero-order valence-corrected chi connectivity index (χ0v) is 20.1. The topological polar surface area (TPSA) is 105 Å². The number of carboxylic acid groups (broad SMARTS) is 1. The number of alkyl carbamates (subject to hydrolysis) is 1. The van der Waals surface area contributed by atoms with Crippen LogP contribution in [0.2, 0.25) is 0 Å². The van der Waals surface area contributed by atoms with Gasteiger partial charge in [-0.3, -0.25) is 9.59 Å². The van der Waals surface area contributed by atoms with Crippen LogP contribution < -0.4 is 10.6 Å². The summed E-state index contributed by atoms with van der Waals surface area (Å²) in [7, 11) is 0. The van der Waals surface area contributed by atoms with Crippen LogP contribution in [-0.4, -0.2) is 41.8 Å². The molecule has 3 N–H and O–H groups in total. The van der Waals surface area contributed by atoms with Crippen molar-refractivity contribution in [1.29, 1.82) is 0 Å². The monoisotopic (exact) mass is 476 g/mol. The zero-order valence-electron chi connectivity index (χ0n) is 20.1. The molecule has 2 fully saturated rings. The van der Waals surface area contributed by atoms with E-state index in [0.717, 1.165) is 22.3 Å². The van der Waals surface area contributed by atoms with Crippen molar-refractivity contribution in [2.75, 3.05) is 6.61 Å². The number of nitrogens with one attached hydrogen (secondary N) is 2. The van der Waals surface area contributed by atoms with Crippen LogP contribution >= 0.6 is 0 Å². The molecule has 0 heterocycles. The normalized spacial score (nSPS) is 25.5. The Labute approximate surface area is 205 Å². The standard InChI is InChI=1S/C28H32N2O5/c1-3-16(2)24(25(31)29-18-12-17-13-28(17,14-18)26(32)33)30-27(34)35-15-23-21-10-6-4-8-19(21)20-9-5-7-11-22(20)23/h4-11,16-18,23-24H,3,12-15H2,1-2H3,(H,29,31)(H,30,34)(H,32,33)/t16?,17-,18+,24-,28+/m0/s1. The molecule has 7 nitrogen and oxygen atoms in total. The highest BCUT2D eigenvalue weighted by Gasteiger charge is 2.65. The third-order valence-corrected chi connectivity index (χ3v) is 8.30. The fourth-order valence-corrected chi connectivity index (χ4v) is 6.03. The number of aliphatic carboxylic acids is 1. The molecule has 0 aromatic heterocycles. The number of amides is 2. The Balaban J connectivity index is 1.21. The summed E-state index contributed by atoms with van der Waals surface area (Å²) < 4.78 is 5.65. The molecular weight excluding hydrogens is 444 g/mol. The minimum Gasteiger partial charge on any atom is -0.481 e. The van der Waals surface area contributed by atoms with Gasteiger partial charge < -0.3 is 20.5 Å². The summed E-state index contributed by atoms with van der Waals surface area (Å²) in [5.41, 5.74) is 3.91. The lowest BCUT2D eigenvalue weighted by molar-refractivity contribution is -0.143. The van der Waals surface area contributed by atoms with E-state index < -0.39 is 23.5 Å². The van der Waals surface area contributed by atoms with Crippen LogP contribution in [0.4, 0.5) is 4.79 Å². The van der Waals surface area contributed by atoms with Crippen molar-refractivity contribution in [3.8, 4) is 11.1 Å². The Bertz CT molecular complexity index is 1120. The fraction of sp³-hybridized carbons (Fsp3) is 0.464. The molecule has 2 amide bonds. The quantitative estimate of drug-likeness (QED) is 0.527. The molecule has 1 unspecified atom stereocenters. The minimum absolute atomic E-state index is 0.0542. The van der Waals surface area contributed by atoms with Gasteiger partial charge in [0, 0.05) is 12.0 Å². The van der Waals surface area contributed by atoms with Crippen LogP contribution in [0.1, 0.15) is 56.6 Å². The summed E-state index contributed by atoms with van der Waals surface area (Å²) in [6.07, 6.45) is 1.91. The molecule has 3 aliphatic carbocycles. The maximum absolute atomic E-state index is 13.1. The SMILES string of the molecule is CCC(C)[C@H](NC(=O)OCC1c2ccccc2-c2ccccc21)C(=O)N[C@@H]1C[C@H]2C[C@@]2(C(=O)O)C1. The summed E-state index contributed by atoms with van der Waals surface area (Å²) >= 11 is 0. The molecule has 0 bridgehead atoms. The Morgan fingerprint density at radius 3 is 2.26 bits per heavy atom. The number of rotatable bonds is 8. The molecule has 7 heteroatoms. The van der Waals surface area contributed by atoms with E-state index in [1.165, 1.54) is 0 Å². The summed E-state index contributed by atoms with van der Waals surface area (Å²) in [4.78, 5) is 37.5. The van der Waals surface area contributed by atoms with E-state index in [1.54, 1.807) is 0 Å². The first kappa shape index (κ1) is 23.4. The van der Waals surface area contributed by atoms with Gasteiger partial charge in [0.1, 0.15) is 12.6 Å². The third-order valence-electron chi connectivity index (χ3n) is 8.30. The van der Waals surface area contributed by atoms with Crippen LogP contribution in [0.3, 0.4) is 0 Å². The van der Waals surface area contributed by atoms with E-state index in [0.29, 0.717) is 25.7 Å². The van der Waals surface area contributed by atoms with Crippen molar-refractivity contribution >= 4 is 18.0 Å². The highest BCUT2D eigenvalue weighted by Crippen LogP contribution is 2.63. The van der Waals surface area contributed by atoms with Gasteiger partial charge >= 0.3 is 12.1 Å². The van der Waals surface area contributed by atoms with Crippen molar-refractivity contribution < 1.29 is 24.2 Å². The minimum atomic E-state index is -0.769. The van der Waals surface area contributed by atoms with Gasteiger partial charge in [-0.05, 0) is 53.4 Å². The first-order valence-corrected chi connectivity index (χ1v) is 12.5. The lowest BCUT2D eigenvalue weighted by Gasteiger charge is -2.26. The average molecular weight is 477 g/mol. The number of hydrogen-bond donors (Lipinski definition) is 3. The number of fused-ring (bicyclic) bond motifs is 4. The summed E-state index contributed by atoms with van der Waals surface area (Å²) in [5, 5.41) is 15.3. The van der Waals surface area contributed by atoms with Gasteiger partial charge in [0.25, 0.3) is 0 Å². The summed E-state index contributed by atoms with van der Waals surface area (Å²) in [6, 6.07) is 15.4. The van der Waals surface area contributed by atoms with Crippen molar-refractivity contribution in [3.05, 3.63) is 59.7 Å². The highest BCUT2D eigenvalue weighted by atomic mass is 16.5.